The maximum atomic E-state index is 12.3. The van der Waals surface area contributed by atoms with Crippen LogP contribution in [0.4, 0.5) is 5.69 Å². The molecule has 2 rings (SSSR count). The molecule has 0 aliphatic rings. The zero-order valence-electron chi connectivity index (χ0n) is 16.2. The first-order chi connectivity index (χ1) is 13.8. The minimum absolute atomic E-state index is 0. The maximum absolute atomic E-state index is 12.3. The Kier molecular flexibility index (Phi) is 11.0. The van der Waals surface area contributed by atoms with E-state index in [1.165, 1.54) is 18.2 Å². The molecule has 0 aliphatic heterocycles. The lowest BCUT2D eigenvalue weighted by molar-refractivity contribution is -0.385. The first kappa shape index (κ1) is 26.1. The lowest BCUT2D eigenvalue weighted by Crippen LogP contribution is -2.42. The van der Waals surface area contributed by atoms with Crippen LogP contribution in [0.2, 0.25) is 5.02 Å². The second-order valence-corrected chi connectivity index (χ2v) is 8.09. The Morgan fingerprint density at radius 1 is 1.10 bits per heavy atom. The minimum Gasteiger partial charge on any atom is -0.356 e. The molecule has 164 valence electrons. The van der Waals surface area contributed by atoms with Gasteiger partial charge in [0.25, 0.3) is 5.69 Å². The molecule has 0 unspecified atom stereocenters. The van der Waals surface area contributed by atoms with Crippen molar-refractivity contribution in [3.05, 3.63) is 69.2 Å². The molecule has 0 bridgehead atoms. The third-order valence-electron chi connectivity index (χ3n) is 3.92. The van der Waals surface area contributed by atoms with E-state index in [2.05, 4.69) is 20.3 Å². The van der Waals surface area contributed by atoms with E-state index in [1.54, 1.807) is 7.05 Å². The van der Waals surface area contributed by atoms with Crippen LogP contribution in [0.15, 0.2) is 58.4 Å². The summed E-state index contributed by atoms with van der Waals surface area (Å²) < 4.78 is 26.9. The van der Waals surface area contributed by atoms with Gasteiger partial charge in [0.2, 0.25) is 10.0 Å². The summed E-state index contributed by atoms with van der Waals surface area (Å²) in [6.07, 6.45) is 0.708. The van der Waals surface area contributed by atoms with Gasteiger partial charge in [0.05, 0.1) is 9.82 Å². The van der Waals surface area contributed by atoms with E-state index in [9.17, 15) is 18.5 Å². The Labute approximate surface area is 197 Å². The largest absolute Gasteiger partial charge is 0.356 e. The molecular weight excluding hydrogens is 545 g/mol. The van der Waals surface area contributed by atoms with Crippen LogP contribution in [-0.2, 0) is 16.4 Å². The lowest BCUT2D eigenvalue weighted by Gasteiger charge is -2.13. The zero-order valence-corrected chi connectivity index (χ0v) is 20.1. The van der Waals surface area contributed by atoms with Crippen LogP contribution in [-0.4, -0.2) is 46.0 Å². The summed E-state index contributed by atoms with van der Waals surface area (Å²) in [6, 6.07) is 12.5. The van der Waals surface area contributed by atoms with E-state index < -0.39 is 14.9 Å². The van der Waals surface area contributed by atoms with Gasteiger partial charge in [0, 0.05) is 43.8 Å². The number of rotatable bonds is 9. The van der Waals surface area contributed by atoms with E-state index >= 15 is 0 Å². The Hall–Kier alpha value is -1.96. The molecule has 2 aromatic carbocycles. The fourth-order valence-electron chi connectivity index (χ4n) is 2.45. The Bertz CT molecular complexity index is 988. The van der Waals surface area contributed by atoms with Gasteiger partial charge in [-0.25, -0.2) is 13.1 Å². The highest BCUT2D eigenvalue weighted by Crippen LogP contribution is 2.17. The average molecular weight is 568 g/mol. The second-order valence-electron chi connectivity index (χ2n) is 5.92. The van der Waals surface area contributed by atoms with Crippen molar-refractivity contribution in [2.75, 3.05) is 26.7 Å². The molecule has 3 N–H and O–H groups in total. The molecule has 2 aromatic rings. The van der Waals surface area contributed by atoms with E-state index in [1.807, 2.05) is 24.3 Å². The minimum atomic E-state index is -3.85. The van der Waals surface area contributed by atoms with Gasteiger partial charge in [-0.15, -0.1) is 24.0 Å². The molecule has 0 spiro atoms. The molecule has 0 heterocycles. The van der Waals surface area contributed by atoms with Gasteiger partial charge in [0.1, 0.15) is 0 Å². The van der Waals surface area contributed by atoms with Crippen molar-refractivity contribution in [1.29, 1.82) is 0 Å². The van der Waals surface area contributed by atoms with Gasteiger partial charge in [-0.05, 0) is 24.1 Å². The highest BCUT2D eigenvalue weighted by molar-refractivity contribution is 14.0. The molecule has 0 aromatic heterocycles. The van der Waals surface area contributed by atoms with Gasteiger partial charge in [-0.1, -0.05) is 35.9 Å². The van der Waals surface area contributed by atoms with Crippen LogP contribution in [0, 0.1) is 10.1 Å². The number of halogens is 2. The maximum Gasteiger partial charge on any atom is 0.270 e. The number of non-ortho nitro benzene ring substituents is 1. The number of guanidine groups is 1. The number of nitrogens with zero attached hydrogens (tertiary/aromatic N) is 2. The fraction of sp³-hybridized carbons (Fsp3) is 0.278. The summed E-state index contributed by atoms with van der Waals surface area (Å²) in [7, 11) is -2.24. The molecule has 0 radical (unpaired) electrons. The van der Waals surface area contributed by atoms with Crippen molar-refractivity contribution in [1.82, 2.24) is 15.4 Å². The molecule has 0 fully saturated rings. The van der Waals surface area contributed by atoms with Crippen molar-refractivity contribution in [3.63, 3.8) is 0 Å². The van der Waals surface area contributed by atoms with E-state index in [0.717, 1.165) is 11.6 Å². The molecule has 12 heteroatoms. The third-order valence-corrected chi connectivity index (χ3v) is 5.74. The zero-order chi connectivity index (χ0) is 21.3. The number of benzene rings is 2. The molecule has 30 heavy (non-hydrogen) atoms. The number of hydrogen-bond acceptors (Lipinski definition) is 5. The number of hydrogen-bond donors (Lipinski definition) is 3. The number of nitrogens with one attached hydrogen (secondary N) is 3. The molecule has 0 saturated heterocycles. The van der Waals surface area contributed by atoms with Crippen LogP contribution in [0.1, 0.15) is 5.56 Å². The van der Waals surface area contributed by atoms with Crippen molar-refractivity contribution in [3.8, 4) is 0 Å². The van der Waals surface area contributed by atoms with Crippen molar-refractivity contribution >= 4 is 57.2 Å². The van der Waals surface area contributed by atoms with E-state index in [4.69, 9.17) is 11.6 Å². The molecule has 0 amide bonds. The standard InChI is InChI=1S/C18H22ClN5O4S.HI/c1-20-18(21-10-9-14-5-2-3-8-17(14)19)22-11-12-23-29(27,28)16-7-4-6-15(13-16)24(25)26;/h2-8,13,23H,9-12H2,1H3,(H2,20,21,22);1H. The highest BCUT2D eigenvalue weighted by atomic mass is 127. The molecular formula is C18H23ClIN5O4S. The van der Waals surface area contributed by atoms with Gasteiger partial charge < -0.3 is 10.6 Å². The van der Waals surface area contributed by atoms with Crippen LogP contribution in [0.5, 0.6) is 0 Å². The molecule has 0 aliphatic carbocycles. The summed E-state index contributed by atoms with van der Waals surface area (Å²) in [6.45, 7) is 0.957. The van der Waals surface area contributed by atoms with Gasteiger partial charge >= 0.3 is 0 Å². The van der Waals surface area contributed by atoms with Crippen molar-refractivity contribution < 1.29 is 13.3 Å². The topological polar surface area (TPSA) is 126 Å². The summed E-state index contributed by atoms with van der Waals surface area (Å²) in [5, 5.41) is 17.6. The number of aliphatic imine (C=N–C) groups is 1. The van der Waals surface area contributed by atoms with Gasteiger partial charge in [-0.3, -0.25) is 15.1 Å². The number of nitro benzene ring substituents is 1. The number of nitro groups is 1. The van der Waals surface area contributed by atoms with E-state index in [-0.39, 0.29) is 47.6 Å². The Balaban J connectivity index is 0.00000450. The summed E-state index contributed by atoms with van der Waals surface area (Å²) in [5.74, 6) is 0.520. The smallest absolute Gasteiger partial charge is 0.270 e. The Morgan fingerprint density at radius 3 is 2.47 bits per heavy atom. The van der Waals surface area contributed by atoms with Crippen LogP contribution in [0.3, 0.4) is 0 Å². The molecule has 9 nitrogen and oxygen atoms in total. The SMILES string of the molecule is CN=C(NCCNS(=O)(=O)c1cccc([N+](=O)[O-])c1)NCCc1ccccc1Cl.I. The fourth-order valence-corrected chi connectivity index (χ4v) is 3.75. The van der Waals surface area contributed by atoms with Crippen LogP contribution >= 0.6 is 35.6 Å². The summed E-state index contributed by atoms with van der Waals surface area (Å²) >= 11 is 6.12. The average Bonchev–Trinajstić information content (AvgIpc) is 2.71. The summed E-state index contributed by atoms with van der Waals surface area (Å²) in [4.78, 5) is 14.1. The van der Waals surface area contributed by atoms with Crippen LogP contribution in [0.25, 0.3) is 0 Å². The Morgan fingerprint density at radius 2 is 1.80 bits per heavy atom. The van der Waals surface area contributed by atoms with Gasteiger partial charge in [-0.2, -0.15) is 0 Å². The molecule has 0 atom stereocenters. The first-order valence-corrected chi connectivity index (χ1v) is 10.6. The molecule has 0 saturated carbocycles. The van der Waals surface area contributed by atoms with Crippen LogP contribution < -0.4 is 15.4 Å². The van der Waals surface area contributed by atoms with Crippen molar-refractivity contribution in [2.24, 2.45) is 4.99 Å². The first-order valence-electron chi connectivity index (χ1n) is 8.75. The van der Waals surface area contributed by atoms with Crippen molar-refractivity contribution in [2.45, 2.75) is 11.3 Å². The third kappa shape index (κ3) is 8.05. The highest BCUT2D eigenvalue weighted by Gasteiger charge is 2.17. The monoisotopic (exact) mass is 567 g/mol. The second kappa shape index (κ2) is 12.7. The lowest BCUT2D eigenvalue weighted by atomic mass is 10.1. The predicted molar refractivity (Wildman–Crippen MR) is 128 cm³/mol. The van der Waals surface area contributed by atoms with Gasteiger partial charge in [0.15, 0.2) is 5.96 Å². The number of sulfonamides is 1. The quantitative estimate of drug-likeness (QED) is 0.107. The van der Waals surface area contributed by atoms with E-state index in [0.29, 0.717) is 23.9 Å². The predicted octanol–water partition coefficient (Wildman–Crippen LogP) is 2.55. The normalized spacial score (nSPS) is 11.5. The summed E-state index contributed by atoms with van der Waals surface area (Å²) in [5.41, 5.74) is 0.732.